The molecule has 4 bridgehead atoms. The first-order valence-corrected chi connectivity index (χ1v) is 6.41. The highest BCUT2D eigenvalue weighted by atomic mass is 15.1. The van der Waals surface area contributed by atoms with Crippen LogP contribution in [-0.4, -0.2) is 24.7 Å². The van der Waals surface area contributed by atoms with Gasteiger partial charge in [-0.3, -0.25) is 0 Å². The van der Waals surface area contributed by atoms with E-state index in [2.05, 4.69) is 10.6 Å². The Bertz CT molecular complexity index is 233. The maximum absolute atomic E-state index is 3.80. The number of hydrogen-bond acceptors (Lipinski definition) is 2. The van der Waals surface area contributed by atoms with Gasteiger partial charge in [0.05, 0.1) is 0 Å². The summed E-state index contributed by atoms with van der Waals surface area (Å²) in [4.78, 5) is 0. The summed E-state index contributed by atoms with van der Waals surface area (Å²) in [6.45, 7) is 1.32. The average Bonchev–Trinajstić information content (AvgIpc) is 2.96. The van der Waals surface area contributed by atoms with Gasteiger partial charge in [0.1, 0.15) is 0 Å². The molecule has 78 valence electrons. The van der Waals surface area contributed by atoms with Crippen LogP contribution in [0.25, 0.3) is 0 Å². The summed E-state index contributed by atoms with van der Waals surface area (Å²) in [5, 5.41) is 7.51. The lowest BCUT2D eigenvalue weighted by molar-refractivity contribution is 0.243. The van der Waals surface area contributed by atoms with Crippen LogP contribution in [0.1, 0.15) is 32.1 Å². The van der Waals surface area contributed by atoms with E-state index in [4.69, 9.17) is 0 Å². The van der Waals surface area contributed by atoms with Gasteiger partial charge in [-0.2, -0.15) is 0 Å². The number of piperidine rings is 1. The van der Waals surface area contributed by atoms with Gasteiger partial charge in [-0.1, -0.05) is 0 Å². The normalized spacial score (nSPS) is 60.0. The highest BCUT2D eigenvalue weighted by molar-refractivity contribution is 5.08. The topological polar surface area (TPSA) is 24.1 Å². The lowest BCUT2D eigenvalue weighted by Crippen LogP contribution is -2.34. The monoisotopic (exact) mass is 192 g/mol. The largest absolute Gasteiger partial charge is 0.313 e. The molecule has 3 aliphatic heterocycles. The third-order valence-corrected chi connectivity index (χ3v) is 5.34. The Kier molecular flexibility index (Phi) is 1.58. The second-order valence-electron chi connectivity index (χ2n) is 5.88. The Morgan fingerprint density at radius 1 is 0.929 bits per heavy atom. The lowest BCUT2D eigenvalue weighted by Gasteiger charge is -2.29. The summed E-state index contributed by atoms with van der Waals surface area (Å²) in [5.41, 5.74) is 0. The van der Waals surface area contributed by atoms with Crippen molar-refractivity contribution in [3.63, 3.8) is 0 Å². The lowest BCUT2D eigenvalue weighted by atomic mass is 9.75. The Balaban J connectivity index is 1.59. The minimum Gasteiger partial charge on any atom is -0.313 e. The zero-order valence-electron chi connectivity index (χ0n) is 8.71. The first-order chi connectivity index (χ1) is 6.92. The van der Waals surface area contributed by atoms with Crippen LogP contribution >= 0.6 is 0 Å². The Morgan fingerprint density at radius 3 is 2.36 bits per heavy atom. The maximum Gasteiger partial charge on any atom is 0.0102 e. The molecule has 2 N–H and O–H groups in total. The Labute approximate surface area is 85.8 Å². The van der Waals surface area contributed by atoms with Gasteiger partial charge in [-0.25, -0.2) is 0 Å². The predicted octanol–water partition coefficient (Wildman–Crippen LogP) is 1.12. The van der Waals surface area contributed by atoms with Gasteiger partial charge < -0.3 is 10.6 Å². The molecule has 0 amide bonds. The van der Waals surface area contributed by atoms with Crippen molar-refractivity contribution in [2.45, 2.75) is 50.2 Å². The molecular weight excluding hydrogens is 172 g/mol. The third kappa shape index (κ3) is 0.938. The smallest absolute Gasteiger partial charge is 0.0102 e. The third-order valence-electron chi connectivity index (χ3n) is 5.34. The van der Waals surface area contributed by atoms with Crippen LogP contribution in [0.2, 0.25) is 0 Å². The van der Waals surface area contributed by atoms with Crippen LogP contribution in [0.5, 0.6) is 0 Å². The van der Waals surface area contributed by atoms with Crippen molar-refractivity contribution < 1.29 is 0 Å². The molecule has 6 unspecified atom stereocenters. The molecular formula is C12H20N2. The SMILES string of the molecule is C1CC2NC1CC2C1C2CCC1NC2. The zero-order chi connectivity index (χ0) is 9.12. The Hall–Kier alpha value is -0.0800. The number of rotatable bonds is 1. The van der Waals surface area contributed by atoms with Gasteiger partial charge in [-0.15, -0.1) is 0 Å². The van der Waals surface area contributed by atoms with E-state index in [9.17, 15) is 0 Å². The van der Waals surface area contributed by atoms with E-state index < -0.39 is 0 Å². The number of hydrogen-bond donors (Lipinski definition) is 2. The standard InChI is InChI=1S/C12H20N2/c1-3-11-12(7(1)6-13-11)9-5-8-2-4-10(9)14-8/h7-14H,1-6H2. The van der Waals surface area contributed by atoms with E-state index in [-0.39, 0.29) is 0 Å². The molecule has 6 atom stereocenters. The van der Waals surface area contributed by atoms with Gasteiger partial charge in [0.2, 0.25) is 0 Å². The van der Waals surface area contributed by atoms with Gasteiger partial charge in [-0.05, 0) is 56.4 Å². The van der Waals surface area contributed by atoms with E-state index in [1.165, 1.54) is 38.6 Å². The second kappa shape index (κ2) is 2.73. The van der Waals surface area contributed by atoms with Crippen molar-refractivity contribution in [1.29, 1.82) is 0 Å². The summed E-state index contributed by atoms with van der Waals surface area (Å²) in [6, 6.07) is 2.68. The molecule has 0 aromatic rings. The molecule has 3 saturated heterocycles. The molecule has 2 nitrogen and oxygen atoms in total. The van der Waals surface area contributed by atoms with Crippen LogP contribution < -0.4 is 10.6 Å². The van der Waals surface area contributed by atoms with Crippen LogP contribution in [0, 0.1) is 17.8 Å². The molecule has 3 heterocycles. The molecule has 0 spiro atoms. The van der Waals surface area contributed by atoms with E-state index in [0.717, 1.165) is 35.9 Å². The predicted molar refractivity (Wildman–Crippen MR) is 56.1 cm³/mol. The molecule has 4 rings (SSSR count). The van der Waals surface area contributed by atoms with Crippen molar-refractivity contribution in [2.24, 2.45) is 17.8 Å². The molecule has 0 aromatic carbocycles. The van der Waals surface area contributed by atoms with E-state index in [1.807, 2.05) is 0 Å². The van der Waals surface area contributed by atoms with Gasteiger partial charge in [0.15, 0.2) is 0 Å². The Morgan fingerprint density at radius 2 is 1.86 bits per heavy atom. The van der Waals surface area contributed by atoms with Gasteiger partial charge >= 0.3 is 0 Å². The minimum absolute atomic E-state index is 0.894. The fourth-order valence-electron chi connectivity index (χ4n) is 4.83. The van der Waals surface area contributed by atoms with Crippen molar-refractivity contribution in [3.8, 4) is 0 Å². The molecule has 2 heteroatoms. The van der Waals surface area contributed by atoms with Crippen molar-refractivity contribution in [2.75, 3.05) is 6.54 Å². The average molecular weight is 192 g/mol. The number of fused-ring (bicyclic) bond motifs is 4. The summed E-state index contributed by atoms with van der Waals surface area (Å²) in [5.74, 6) is 3.10. The minimum atomic E-state index is 0.894. The van der Waals surface area contributed by atoms with Gasteiger partial charge in [0.25, 0.3) is 0 Å². The summed E-state index contributed by atoms with van der Waals surface area (Å²) < 4.78 is 0. The van der Waals surface area contributed by atoms with Crippen molar-refractivity contribution in [1.82, 2.24) is 10.6 Å². The fraction of sp³-hybridized carbons (Fsp3) is 1.00. The molecule has 4 aliphatic rings. The molecule has 14 heavy (non-hydrogen) atoms. The molecule has 1 saturated carbocycles. The summed E-state index contributed by atoms with van der Waals surface area (Å²) in [7, 11) is 0. The molecule has 1 aliphatic carbocycles. The molecule has 0 radical (unpaired) electrons. The van der Waals surface area contributed by atoms with Gasteiger partial charge in [0, 0.05) is 18.1 Å². The zero-order valence-corrected chi connectivity index (χ0v) is 8.71. The highest BCUT2D eigenvalue weighted by Crippen LogP contribution is 2.48. The van der Waals surface area contributed by atoms with Crippen LogP contribution in [0.4, 0.5) is 0 Å². The first kappa shape index (κ1) is 8.12. The number of nitrogens with one attached hydrogen (secondary N) is 2. The quantitative estimate of drug-likeness (QED) is 0.650. The highest BCUT2D eigenvalue weighted by Gasteiger charge is 2.51. The second-order valence-corrected chi connectivity index (χ2v) is 5.88. The summed E-state index contributed by atoms with van der Waals surface area (Å²) in [6.07, 6.45) is 7.38. The fourth-order valence-corrected chi connectivity index (χ4v) is 4.83. The van der Waals surface area contributed by atoms with E-state index in [1.54, 1.807) is 0 Å². The summed E-state index contributed by atoms with van der Waals surface area (Å²) >= 11 is 0. The molecule has 4 fully saturated rings. The van der Waals surface area contributed by atoms with Crippen molar-refractivity contribution >= 4 is 0 Å². The van der Waals surface area contributed by atoms with Crippen molar-refractivity contribution in [3.05, 3.63) is 0 Å². The van der Waals surface area contributed by atoms with Crippen LogP contribution in [0.3, 0.4) is 0 Å². The van der Waals surface area contributed by atoms with Crippen LogP contribution in [0.15, 0.2) is 0 Å². The maximum atomic E-state index is 3.80. The molecule has 0 aromatic heterocycles. The van der Waals surface area contributed by atoms with E-state index in [0.29, 0.717) is 0 Å². The van der Waals surface area contributed by atoms with Crippen LogP contribution in [-0.2, 0) is 0 Å². The first-order valence-electron chi connectivity index (χ1n) is 6.41. The van der Waals surface area contributed by atoms with E-state index >= 15 is 0 Å².